The van der Waals surface area contributed by atoms with E-state index in [1.807, 2.05) is 57.2 Å². The number of rotatable bonds is 25. The van der Waals surface area contributed by atoms with Crippen LogP contribution < -0.4 is 16.7 Å². The van der Waals surface area contributed by atoms with Crippen LogP contribution in [0.15, 0.2) is 76.4 Å². The second kappa shape index (κ2) is 29.3. The fourth-order valence-electron chi connectivity index (χ4n) is 6.80. The van der Waals surface area contributed by atoms with Gasteiger partial charge < -0.3 is 58.4 Å². The molecule has 0 saturated heterocycles. The lowest BCUT2D eigenvalue weighted by Gasteiger charge is -2.24. The quantitative estimate of drug-likeness (QED) is 0.0132. The number of methoxy groups -OCH3 is 1. The number of allylic oxidation sites excluding steroid dienone is 4. The number of hydrogen-bond donors (Lipinski definition) is 2. The third-order valence-corrected chi connectivity index (χ3v) is 9.67. The number of para-hydroxylation sites is 1. The third kappa shape index (κ3) is 15.1. The van der Waals surface area contributed by atoms with Gasteiger partial charge in [-0.05, 0) is 56.0 Å². The van der Waals surface area contributed by atoms with E-state index < -0.39 is 0 Å². The van der Waals surface area contributed by atoms with E-state index in [-0.39, 0.29) is 37.4 Å². The number of benzene rings is 1. The Bertz CT molecular complexity index is 2030. The van der Waals surface area contributed by atoms with Gasteiger partial charge in [0.05, 0.1) is 107 Å². The second-order valence-electron chi connectivity index (χ2n) is 13.6. The summed E-state index contributed by atoms with van der Waals surface area (Å²) in [5, 5.41) is 5.32. The van der Waals surface area contributed by atoms with Crippen LogP contribution in [0, 0.1) is 0 Å². The zero-order valence-corrected chi connectivity index (χ0v) is 37.2. The number of aldehydes is 1. The van der Waals surface area contributed by atoms with Crippen LogP contribution in [-0.2, 0) is 67.1 Å². The van der Waals surface area contributed by atoms with Crippen LogP contribution >= 0.6 is 0 Å². The summed E-state index contributed by atoms with van der Waals surface area (Å²) < 4.78 is 43.8. The van der Waals surface area contributed by atoms with Gasteiger partial charge in [-0.3, -0.25) is 9.59 Å². The number of hydrogen-bond acceptors (Lipinski definition) is 15. The maximum absolute atomic E-state index is 13.2. The average molecular weight is 864 g/mol. The van der Waals surface area contributed by atoms with Crippen molar-refractivity contribution in [3.8, 4) is 11.4 Å². The van der Waals surface area contributed by atoms with E-state index in [1.165, 1.54) is 12.7 Å². The van der Waals surface area contributed by atoms with Crippen LogP contribution in [-0.4, -0.2) is 121 Å². The Kier molecular flexibility index (Phi) is 24.2. The fraction of sp³-hybridized carbons (Fsp3) is 0.500. The smallest absolute Gasteiger partial charge is 0.313 e. The molecule has 0 radical (unpaired) electrons. The number of hydrazone groups is 1. The number of nitrogens with zero attached hydrogens (tertiary/aromatic N) is 3. The molecule has 0 spiro atoms. The largest absolute Gasteiger partial charge is 0.491 e. The number of aryl methyl sites for hydroxylation is 1. The van der Waals surface area contributed by atoms with Crippen LogP contribution in [0.2, 0.25) is 0 Å². The van der Waals surface area contributed by atoms with Gasteiger partial charge in [0.15, 0.2) is 0 Å². The van der Waals surface area contributed by atoms with Gasteiger partial charge in [-0.1, -0.05) is 50.8 Å². The number of nitrogens with two attached hydrogens (primary N) is 1. The van der Waals surface area contributed by atoms with Crippen LogP contribution in [0.25, 0.3) is 22.3 Å². The topological polar surface area (TPSA) is 193 Å². The first-order valence-electron chi connectivity index (χ1n) is 20.9. The van der Waals surface area contributed by atoms with E-state index in [0.717, 1.165) is 51.1 Å². The number of nitrogens with one attached hydrogen (secondary N) is 1. The zero-order valence-electron chi connectivity index (χ0n) is 37.2. The molecule has 62 heavy (non-hydrogen) atoms. The first-order chi connectivity index (χ1) is 30.3. The first-order valence-corrected chi connectivity index (χ1v) is 20.9. The molecule has 3 N–H and O–H groups in total. The van der Waals surface area contributed by atoms with Crippen LogP contribution in [0.5, 0.6) is 0 Å². The summed E-state index contributed by atoms with van der Waals surface area (Å²) in [6.07, 6.45) is 7.73. The highest BCUT2D eigenvalue weighted by molar-refractivity contribution is 6.01. The van der Waals surface area contributed by atoms with Crippen molar-refractivity contribution >= 4 is 28.9 Å². The van der Waals surface area contributed by atoms with Gasteiger partial charge in [0.1, 0.15) is 31.9 Å². The van der Waals surface area contributed by atoms with Gasteiger partial charge in [-0.15, -0.1) is 0 Å². The highest BCUT2D eigenvalue weighted by atomic mass is 16.6. The van der Waals surface area contributed by atoms with E-state index in [0.29, 0.717) is 96.6 Å². The molecular formula is C46H65N5O11. The van der Waals surface area contributed by atoms with Gasteiger partial charge >= 0.3 is 5.97 Å². The SMILES string of the molecule is C=CC(=C(\C=C/C)OCCOCCOCCOCCOCCOCN)/C(C)=N/NC.CCc1c2c(nc3ccccc13)-c1cc3c(c(=O)n1C2)COC(=O)C3CC.COCC=O. The van der Waals surface area contributed by atoms with Crippen molar-refractivity contribution in [2.45, 2.75) is 59.6 Å². The second-order valence-corrected chi connectivity index (χ2v) is 13.6. The molecule has 1 unspecified atom stereocenters. The molecule has 3 aromatic rings. The summed E-state index contributed by atoms with van der Waals surface area (Å²) in [4.78, 5) is 39.5. The zero-order chi connectivity index (χ0) is 45.1. The summed E-state index contributed by atoms with van der Waals surface area (Å²) in [6.45, 7) is 17.7. The molecule has 16 heteroatoms. The molecule has 5 rings (SSSR count). The van der Waals surface area contributed by atoms with Crippen molar-refractivity contribution in [3.63, 3.8) is 0 Å². The number of ether oxygens (including phenoxy) is 8. The van der Waals surface area contributed by atoms with Crippen molar-refractivity contribution < 1.29 is 47.5 Å². The third-order valence-electron chi connectivity index (χ3n) is 9.67. The number of carbonyl (C=O) groups is 2. The van der Waals surface area contributed by atoms with Crippen LogP contribution in [0.3, 0.4) is 0 Å². The molecule has 0 fully saturated rings. The number of aromatic nitrogens is 2. The predicted molar refractivity (Wildman–Crippen MR) is 239 cm³/mol. The molecule has 1 atom stereocenters. The number of fused-ring (bicyclic) bond motifs is 5. The maximum atomic E-state index is 13.2. The molecule has 0 saturated carbocycles. The standard InChI is InChI=1S/C22H20N2O3.C21H39N3O6.C3H6O2/c1-3-12-14-7-5-6-8-18(14)23-20-16(12)10-24-19(20)9-15-13(4-2)22(26)27-11-17(15)21(24)25;1-5-7-21(20(6-2)19(3)24-23-4)30-17-16-28-13-12-26-9-8-25-10-11-27-14-15-29-18-22;1-5-3-2-4/h5-9,13H,3-4,10-11H2,1-2H3;5-7,23H,2,8-18,22H2,1,3-4H3;2H,3H2,1H3/b;7-5-,21-20-,24-19+;. The molecule has 2 aromatic heterocycles. The summed E-state index contributed by atoms with van der Waals surface area (Å²) in [7, 11) is 3.23. The molecule has 1 aromatic carbocycles. The normalized spacial score (nSPS) is 14.4. The molecule has 2 aliphatic rings. The molecule has 340 valence electrons. The first kappa shape index (κ1) is 51.3. The van der Waals surface area contributed by atoms with Gasteiger partial charge in [0.25, 0.3) is 5.56 Å². The lowest BCUT2D eigenvalue weighted by Crippen LogP contribution is -2.32. The van der Waals surface area contributed by atoms with Crippen LogP contribution in [0.4, 0.5) is 0 Å². The highest BCUT2D eigenvalue weighted by Crippen LogP contribution is 2.38. The lowest BCUT2D eigenvalue weighted by molar-refractivity contribution is -0.148. The number of cyclic esters (lactones) is 1. The number of carbonyl (C=O) groups excluding carboxylic acids is 2. The highest BCUT2D eigenvalue weighted by Gasteiger charge is 2.34. The minimum atomic E-state index is -0.373. The van der Waals surface area contributed by atoms with E-state index in [9.17, 15) is 14.4 Å². The Labute approximate surface area is 365 Å². The van der Waals surface area contributed by atoms with Crippen molar-refractivity contribution in [3.05, 3.63) is 99.1 Å². The van der Waals surface area contributed by atoms with Crippen molar-refractivity contribution in [1.82, 2.24) is 15.0 Å². The molecule has 4 heterocycles. The number of pyridine rings is 2. The minimum absolute atomic E-state index is 0.0578. The summed E-state index contributed by atoms with van der Waals surface area (Å²) in [5.74, 6) is 0.0904. The number of esters is 1. The monoisotopic (exact) mass is 863 g/mol. The van der Waals surface area contributed by atoms with E-state index >= 15 is 0 Å². The van der Waals surface area contributed by atoms with E-state index in [1.54, 1.807) is 17.7 Å². The minimum Gasteiger partial charge on any atom is -0.491 e. The molecule has 0 amide bonds. The summed E-state index contributed by atoms with van der Waals surface area (Å²) in [5.41, 5.74) is 16.0. The van der Waals surface area contributed by atoms with E-state index in [2.05, 4.69) is 34.8 Å². The van der Waals surface area contributed by atoms with E-state index in [4.69, 9.17) is 43.9 Å². The van der Waals surface area contributed by atoms with Gasteiger partial charge in [-0.2, -0.15) is 5.10 Å². The maximum Gasteiger partial charge on any atom is 0.313 e. The Morgan fingerprint density at radius 3 is 2.15 bits per heavy atom. The summed E-state index contributed by atoms with van der Waals surface area (Å²) in [6, 6.07) is 10.1. The predicted octanol–water partition coefficient (Wildman–Crippen LogP) is 4.98. The van der Waals surface area contributed by atoms with Crippen LogP contribution in [0.1, 0.15) is 62.3 Å². The molecule has 0 aliphatic carbocycles. The Balaban J connectivity index is 0.000000298. The molecule has 0 bridgehead atoms. The molecule has 16 nitrogen and oxygen atoms in total. The Hall–Kier alpha value is -5.07. The van der Waals surface area contributed by atoms with Crippen molar-refractivity contribution in [1.29, 1.82) is 0 Å². The summed E-state index contributed by atoms with van der Waals surface area (Å²) >= 11 is 0. The van der Waals surface area contributed by atoms with Gasteiger partial charge in [0.2, 0.25) is 0 Å². The average Bonchev–Trinajstić information content (AvgIpc) is 3.64. The van der Waals surface area contributed by atoms with Crippen molar-refractivity contribution in [2.75, 3.05) is 93.6 Å². The van der Waals surface area contributed by atoms with Crippen molar-refractivity contribution in [2.24, 2.45) is 10.8 Å². The molecular weight excluding hydrogens is 799 g/mol. The molecule has 2 aliphatic heterocycles. The van der Waals surface area contributed by atoms with Gasteiger partial charge in [-0.25, -0.2) is 4.98 Å². The Morgan fingerprint density at radius 2 is 1.61 bits per heavy atom. The fourth-order valence-corrected chi connectivity index (χ4v) is 6.80. The lowest BCUT2D eigenvalue weighted by atomic mass is 9.90. The van der Waals surface area contributed by atoms with Gasteiger partial charge in [0, 0.05) is 30.7 Å². The Morgan fingerprint density at radius 1 is 0.984 bits per heavy atom.